The lowest BCUT2D eigenvalue weighted by Gasteiger charge is -2.18. The van der Waals surface area contributed by atoms with Crippen molar-refractivity contribution in [1.82, 2.24) is 0 Å². The zero-order valence-electron chi connectivity index (χ0n) is 13.4. The molecule has 1 heteroatoms. The molecule has 0 N–H and O–H groups in total. The van der Waals surface area contributed by atoms with E-state index in [4.69, 9.17) is 0 Å². The molecule has 1 atom stereocenters. The second-order valence-electron chi connectivity index (χ2n) is 6.04. The van der Waals surface area contributed by atoms with Gasteiger partial charge in [-0.1, -0.05) is 19.9 Å². The van der Waals surface area contributed by atoms with Crippen molar-refractivity contribution in [2.24, 2.45) is 5.92 Å². The quantitative estimate of drug-likeness (QED) is 0.714. The van der Waals surface area contributed by atoms with Crippen LogP contribution in [0.15, 0.2) is 6.07 Å². The summed E-state index contributed by atoms with van der Waals surface area (Å²) in [6.07, 6.45) is 3.44. The summed E-state index contributed by atoms with van der Waals surface area (Å²) in [5.74, 6) is 0.854. The van der Waals surface area contributed by atoms with Gasteiger partial charge in [0.25, 0.3) is 0 Å². The molecule has 0 fully saturated rings. The molecule has 0 bridgehead atoms. The molecule has 0 aliphatic rings. The van der Waals surface area contributed by atoms with Crippen molar-refractivity contribution in [2.75, 3.05) is 0 Å². The molecule has 1 aromatic rings. The predicted molar refractivity (Wildman–Crippen MR) is 82.8 cm³/mol. The lowest BCUT2D eigenvalue weighted by Crippen LogP contribution is -2.10. The minimum absolute atomic E-state index is 0.412. The summed E-state index contributed by atoms with van der Waals surface area (Å²) < 4.78 is 0. The summed E-state index contributed by atoms with van der Waals surface area (Å²) in [6, 6.07) is 2.26. The topological polar surface area (TPSA) is 17.1 Å². The SMILES string of the molecule is CCCC(=O)CC(C)Cc1c(C)c(C)cc(C)c1C. The molecule has 0 heterocycles. The monoisotopic (exact) mass is 260 g/mol. The fourth-order valence-corrected chi connectivity index (χ4v) is 2.79. The van der Waals surface area contributed by atoms with Crippen molar-refractivity contribution in [3.8, 4) is 0 Å². The van der Waals surface area contributed by atoms with Gasteiger partial charge in [0.15, 0.2) is 0 Å². The van der Waals surface area contributed by atoms with Gasteiger partial charge in [-0.3, -0.25) is 4.79 Å². The number of ketones is 1. The maximum absolute atomic E-state index is 11.7. The fraction of sp³-hybridized carbons (Fsp3) is 0.611. The Kier molecular flexibility index (Phi) is 5.78. The van der Waals surface area contributed by atoms with Crippen LogP contribution in [0, 0.1) is 33.6 Å². The molecule has 1 nitrogen and oxygen atoms in total. The number of hydrogen-bond acceptors (Lipinski definition) is 1. The smallest absolute Gasteiger partial charge is 0.133 e. The van der Waals surface area contributed by atoms with Crippen molar-refractivity contribution >= 4 is 5.78 Å². The minimum Gasteiger partial charge on any atom is -0.300 e. The van der Waals surface area contributed by atoms with Crippen LogP contribution in [0.1, 0.15) is 60.9 Å². The highest BCUT2D eigenvalue weighted by Crippen LogP contribution is 2.25. The Morgan fingerprint density at radius 1 is 1.11 bits per heavy atom. The molecule has 0 aliphatic heterocycles. The van der Waals surface area contributed by atoms with E-state index >= 15 is 0 Å². The zero-order chi connectivity index (χ0) is 14.6. The molecular weight excluding hydrogens is 232 g/mol. The first-order valence-corrected chi connectivity index (χ1v) is 7.44. The molecule has 0 spiro atoms. The Bertz CT molecular complexity index is 431. The summed E-state index contributed by atoms with van der Waals surface area (Å²) in [5, 5.41) is 0. The first kappa shape index (κ1) is 15.9. The van der Waals surface area contributed by atoms with Gasteiger partial charge in [-0.2, -0.15) is 0 Å². The maximum atomic E-state index is 11.7. The summed E-state index contributed by atoms with van der Waals surface area (Å²) in [6.45, 7) is 13.0. The molecule has 106 valence electrons. The molecule has 0 amide bonds. The van der Waals surface area contributed by atoms with E-state index < -0.39 is 0 Å². The van der Waals surface area contributed by atoms with E-state index in [-0.39, 0.29) is 0 Å². The summed E-state index contributed by atoms with van der Waals surface area (Å²) >= 11 is 0. The Labute approximate surface area is 118 Å². The van der Waals surface area contributed by atoms with Gasteiger partial charge in [-0.05, 0) is 74.3 Å². The normalized spacial score (nSPS) is 12.5. The lowest BCUT2D eigenvalue weighted by atomic mass is 9.87. The van der Waals surface area contributed by atoms with Gasteiger partial charge in [-0.25, -0.2) is 0 Å². The van der Waals surface area contributed by atoms with Crippen LogP contribution in [-0.4, -0.2) is 5.78 Å². The minimum atomic E-state index is 0.412. The van der Waals surface area contributed by atoms with E-state index in [1.54, 1.807) is 0 Å². The van der Waals surface area contributed by atoms with Crippen LogP contribution in [-0.2, 0) is 11.2 Å². The van der Waals surface area contributed by atoms with E-state index in [1.165, 1.54) is 27.8 Å². The predicted octanol–water partition coefficient (Wildman–Crippen LogP) is 4.86. The molecule has 19 heavy (non-hydrogen) atoms. The number of hydrogen-bond donors (Lipinski definition) is 0. The maximum Gasteiger partial charge on any atom is 0.133 e. The average molecular weight is 260 g/mol. The van der Waals surface area contributed by atoms with Crippen molar-refractivity contribution in [3.63, 3.8) is 0 Å². The third kappa shape index (κ3) is 4.19. The number of rotatable bonds is 6. The standard InChI is InChI=1S/C18H28O/c1-7-8-17(19)9-12(2)10-18-15(5)13(3)11-14(4)16(18)6/h11-12H,7-10H2,1-6H3. The third-order valence-corrected chi connectivity index (χ3v) is 4.18. The van der Waals surface area contributed by atoms with Crippen LogP contribution in [0.3, 0.4) is 0 Å². The van der Waals surface area contributed by atoms with Crippen LogP contribution < -0.4 is 0 Å². The van der Waals surface area contributed by atoms with Crippen molar-refractivity contribution < 1.29 is 4.79 Å². The number of carbonyl (C=O) groups is 1. The number of benzene rings is 1. The molecule has 0 aliphatic carbocycles. The van der Waals surface area contributed by atoms with Crippen molar-refractivity contribution in [1.29, 1.82) is 0 Å². The number of Topliss-reactive ketones (excluding diaryl/α,β-unsaturated/α-hetero) is 1. The zero-order valence-corrected chi connectivity index (χ0v) is 13.4. The number of aryl methyl sites for hydroxylation is 2. The molecular formula is C18H28O. The highest BCUT2D eigenvalue weighted by atomic mass is 16.1. The Hall–Kier alpha value is -1.11. The van der Waals surface area contributed by atoms with E-state index in [9.17, 15) is 4.79 Å². The average Bonchev–Trinajstić information content (AvgIpc) is 2.32. The van der Waals surface area contributed by atoms with Gasteiger partial charge in [0, 0.05) is 12.8 Å². The van der Waals surface area contributed by atoms with Crippen LogP contribution in [0.4, 0.5) is 0 Å². The van der Waals surface area contributed by atoms with E-state index in [0.717, 1.165) is 25.7 Å². The van der Waals surface area contributed by atoms with Crippen molar-refractivity contribution in [3.05, 3.63) is 33.9 Å². The fourth-order valence-electron chi connectivity index (χ4n) is 2.79. The Morgan fingerprint density at radius 2 is 1.63 bits per heavy atom. The molecule has 0 aromatic heterocycles. The molecule has 1 unspecified atom stereocenters. The Morgan fingerprint density at radius 3 is 2.11 bits per heavy atom. The summed E-state index contributed by atoms with van der Waals surface area (Å²) in [4.78, 5) is 11.7. The molecule has 1 aromatic carbocycles. The first-order valence-electron chi connectivity index (χ1n) is 7.44. The van der Waals surface area contributed by atoms with E-state index in [2.05, 4.69) is 47.6 Å². The van der Waals surface area contributed by atoms with E-state index in [1.807, 2.05) is 0 Å². The summed E-state index contributed by atoms with van der Waals surface area (Å²) in [5.41, 5.74) is 6.99. The molecule has 0 saturated carbocycles. The lowest BCUT2D eigenvalue weighted by molar-refractivity contribution is -0.119. The highest BCUT2D eigenvalue weighted by molar-refractivity contribution is 5.78. The number of carbonyl (C=O) groups excluding carboxylic acids is 1. The first-order chi connectivity index (χ1) is 8.86. The second kappa shape index (κ2) is 6.88. The van der Waals surface area contributed by atoms with Gasteiger partial charge in [0.2, 0.25) is 0 Å². The summed E-state index contributed by atoms with van der Waals surface area (Å²) in [7, 11) is 0. The van der Waals surface area contributed by atoms with Gasteiger partial charge in [0.05, 0.1) is 0 Å². The largest absolute Gasteiger partial charge is 0.300 e. The van der Waals surface area contributed by atoms with Crippen molar-refractivity contribution in [2.45, 2.75) is 67.2 Å². The van der Waals surface area contributed by atoms with E-state index in [0.29, 0.717) is 11.7 Å². The van der Waals surface area contributed by atoms with Crippen LogP contribution in [0.2, 0.25) is 0 Å². The molecule has 0 saturated heterocycles. The molecule has 1 rings (SSSR count). The second-order valence-corrected chi connectivity index (χ2v) is 6.04. The van der Waals surface area contributed by atoms with Crippen LogP contribution >= 0.6 is 0 Å². The van der Waals surface area contributed by atoms with Crippen LogP contribution in [0.25, 0.3) is 0 Å². The van der Waals surface area contributed by atoms with Crippen LogP contribution in [0.5, 0.6) is 0 Å². The van der Waals surface area contributed by atoms with Gasteiger partial charge >= 0.3 is 0 Å². The third-order valence-electron chi connectivity index (χ3n) is 4.18. The van der Waals surface area contributed by atoms with Gasteiger partial charge < -0.3 is 0 Å². The Balaban J connectivity index is 2.85. The van der Waals surface area contributed by atoms with Gasteiger partial charge in [0.1, 0.15) is 5.78 Å². The van der Waals surface area contributed by atoms with Gasteiger partial charge in [-0.15, -0.1) is 0 Å². The molecule has 0 radical (unpaired) electrons. The highest BCUT2D eigenvalue weighted by Gasteiger charge is 2.14.